The SMILES string of the molecule is CCN(CC)S(=O)(=O)c1ccc(NC(=S)NC(=O)/C=C/c2ccc(C)o2)cc1. The molecule has 28 heavy (non-hydrogen) atoms. The molecule has 0 aliphatic rings. The average Bonchev–Trinajstić information content (AvgIpc) is 3.06. The van der Waals surface area contributed by atoms with Crippen molar-refractivity contribution in [2.75, 3.05) is 18.4 Å². The van der Waals surface area contributed by atoms with Gasteiger partial charge >= 0.3 is 0 Å². The predicted octanol–water partition coefficient (Wildman–Crippen LogP) is 3.14. The average molecular weight is 422 g/mol. The van der Waals surface area contributed by atoms with E-state index >= 15 is 0 Å². The highest BCUT2D eigenvalue weighted by Crippen LogP contribution is 2.18. The van der Waals surface area contributed by atoms with Gasteiger partial charge < -0.3 is 9.73 Å². The number of hydrogen-bond acceptors (Lipinski definition) is 5. The minimum absolute atomic E-state index is 0.102. The molecule has 2 rings (SSSR count). The Kier molecular flexibility index (Phi) is 7.50. The lowest BCUT2D eigenvalue weighted by Crippen LogP contribution is -2.33. The molecule has 0 spiro atoms. The molecule has 0 radical (unpaired) electrons. The Hall–Kier alpha value is -2.49. The number of furan rings is 1. The fourth-order valence-electron chi connectivity index (χ4n) is 2.44. The molecule has 150 valence electrons. The van der Waals surface area contributed by atoms with Gasteiger partial charge in [0.25, 0.3) is 0 Å². The molecule has 1 aromatic heterocycles. The standard InChI is InChI=1S/C19H23N3O4S2/c1-4-22(5-2)28(24,25)17-11-7-15(8-12-17)20-19(27)21-18(23)13-10-16-9-6-14(3)26-16/h6-13H,4-5H2,1-3H3,(H2,20,21,23,27)/b13-10+. The molecule has 0 bridgehead atoms. The van der Waals surface area contributed by atoms with Gasteiger partial charge in [0.15, 0.2) is 5.11 Å². The van der Waals surface area contributed by atoms with Crippen LogP contribution in [0.2, 0.25) is 0 Å². The molecule has 9 heteroatoms. The van der Waals surface area contributed by atoms with Crippen molar-refractivity contribution >= 4 is 45.0 Å². The number of rotatable bonds is 7. The van der Waals surface area contributed by atoms with Crippen molar-refractivity contribution in [3.8, 4) is 0 Å². The minimum atomic E-state index is -3.51. The van der Waals surface area contributed by atoms with Gasteiger partial charge in [-0.25, -0.2) is 8.42 Å². The lowest BCUT2D eigenvalue weighted by atomic mass is 10.3. The van der Waals surface area contributed by atoms with Crippen molar-refractivity contribution in [1.29, 1.82) is 0 Å². The minimum Gasteiger partial charge on any atom is -0.462 e. The number of nitrogens with one attached hydrogen (secondary N) is 2. The number of carbonyl (C=O) groups excluding carboxylic acids is 1. The normalized spacial score (nSPS) is 11.7. The van der Waals surface area contributed by atoms with E-state index in [0.29, 0.717) is 24.5 Å². The van der Waals surface area contributed by atoms with Crippen LogP contribution in [0.15, 0.2) is 51.8 Å². The van der Waals surface area contributed by atoms with Crippen molar-refractivity contribution in [2.24, 2.45) is 0 Å². The Morgan fingerprint density at radius 3 is 2.32 bits per heavy atom. The van der Waals surface area contributed by atoms with Gasteiger partial charge in [0.05, 0.1) is 4.90 Å². The number of thiocarbonyl (C=S) groups is 1. The maximum atomic E-state index is 12.5. The molecule has 7 nitrogen and oxygen atoms in total. The highest BCUT2D eigenvalue weighted by atomic mass is 32.2. The monoisotopic (exact) mass is 421 g/mol. The first-order chi connectivity index (χ1) is 13.3. The molecule has 2 N–H and O–H groups in total. The van der Waals surface area contributed by atoms with Crippen molar-refractivity contribution < 1.29 is 17.6 Å². The van der Waals surface area contributed by atoms with Crippen molar-refractivity contribution in [1.82, 2.24) is 9.62 Å². The first kappa shape index (κ1) is 21.8. The number of aryl methyl sites for hydroxylation is 1. The third-order valence-corrected chi connectivity index (χ3v) is 6.12. The van der Waals surface area contributed by atoms with Crippen LogP contribution in [0.1, 0.15) is 25.4 Å². The van der Waals surface area contributed by atoms with Crippen molar-refractivity contribution in [3.63, 3.8) is 0 Å². The Morgan fingerprint density at radius 2 is 1.79 bits per heavy atom. The fourth-order valence-corrected chi connectivity index (χ4v) is 4.12. The Labute approximate surface area is 170 Å². The molecule has 1 amide bonds. The third kappa shape index (κ3) is 5.75. The van der Waals surface area contributed by atoms with Gasteiger partial charge in [0, 0.05) is 24.9 Å². The van der Waals surface area contributed by atoms with E-state index < -0.39 is 15.9 Å². The summed E-state index contributed by atoms with van der Waals surface area (Å²) in [6.45, 7) is 6.20. The summed E-state index contributed by atoms with van der Waals surface area (Å²) in [5, 5.41) is 5.46. The summed E-state index contributed by atoms with van der Waals surface area (Å²) in [6, 6.07) is 9.74. The summed E-state index contributed by atoms with van der Waals surface area (Å²) < 4.78 is 31.7. The molecule has 0 aliphatic carbocycles. The number of anilines is 1. The van der Waals surface area contributed by atoms with Crippen LogP contribution in [-0.4, -0.2) is 36.8 Å². The highest BCUT2D eigenvalue weighted by molar-refractivity contribution is 7.89. The number of sulfonamides is 1. The Morgan fingerprint density at radius 1 is 1.14 bits per heavy atom. The van der Waals surface area contributed by atoms with Crippen LogP contribution >= 0.6 is 12.2 Å². The summed E-state index contributed by atoms with van der Waals surface area (Å²) in [6.07, 6.45) is 2.85. The van der Waals surface area contributed by atoms with Crippen LogP contribution < -0.4 is 10.6 Å². The summed E-state index contributed by atoms with van der Waals surface area (Å²) in [5.74, 6) is 0.910. The van der Waals surface area contributed by atoms with Crippen LogP contribution in [-0.2, 0) is 14.8 Å². The van der Waals surface area contributed by atoms with Gasteiger partial charge in [0.2, 0.25) is 15.9 Å². The fraction of sp³-hybridized carbons (Fsp3) is 0.263. The molecule has 1 aromatic carbocycles. The summed E-state index contributed by atoms with van der Waals surface area (Å²) in [7, 11) is -3.51. The van der Waals surface area contributed by atoms with Crippen LogP contribution in [0.5, 0.6) is 0 Å². The molecular weight excluding hydrogens is 398 g/mol. The molecule has 0 saturated carbocycles. The molecule has 0 atom stereocenters. The summed E-state index contributed by atoms with van der Waals surface area (Å²) in [4.78, 5) is 12.1. The van der Waals surface area contributed by atoms with Crippen molar-refractivity contribution in [2.45, 2.75) is 25.7 Å². The van der Waals surface area contributed by atoms with E-state index in [0.717, 1.165) is 5.76 Å². The first-order valence-electron chi connectivity index (χ1n) is 8.73. The van der Waals surface area contributed by atoms with Crippen LogP contribution in [0, 0.1) is 6.92 Å². The highest BCUT2D eigenvalue weighted by Gasteiger charge is 2.21. The zero-order valence-electron chi connectivity index (χ0n) is 15.9. The number of benzene rings is 1. The summed E-state index contributed by atoms with van der Waals surface area (Å²) >= 11 is 5.11. The molecule has 0 saturated heterocycles. The maximum absolute atomic E-state index is 12.5. The van der Waals surface area contributed by atoms with Gasteiger partial charge in [0.1, 0.15) is 11.5 Å². The quantitative estimate of drug-likeness (QED) is 0.527. The van der Waals surface area contributed by atoms with E-state index in [1.54, 1.807) is 38.1 Å². The van der Waals surface area contributed by atoms with E-state index in [9.17, 15) is 13.2 Å². The lowest BCUT2D eigenvalue weighted by molar-refractivity contribution is -0.115. The van der Waals surface area contributed by atoms with E-state index in [4.69, 9.17) is 16.6 Å². The smallest absolute Gasteiger partial charge is 0.250 e. The second-order valence-corrected chi connectivity index (χ2v) is 8.19. The van der Waals surface area contributed by atoms with Gasteiger partial charge in [-0.3, -0.25) is 10.1 Å². The second-order valence-electron chi connectivity index (χ2n) is 5.84. The zero-order valence-corrected chi connectivity index (χ0v) is 17.6. The van der Waals surface area contributed by atoms with E-state index in [-0.39, 0.29) is 10.0 Å². The molecule has 0 aliphatic heterocycles. The molecule has 0 unspecified atom stereocenters. The number of carbonyl (C=O) groups is 1. The number of nitrogens with zero attached hydrogens (tertiary/aromatic N) is 1. The van der Waals surface area contributed by atoms with E-state index in [2.05, 4.69) is 10.6 Å². The number of amides is 1. The molecule has 1 heterocycles. The van der Waals surface area contributed by atoms with E-state index in [1.807, 2.05) is 6.92 Å². The largest absolute Gasteiger partial charge is 0.462 e. The van der Waals surface area contributed by atoms with E-state index in [1.165, 1.54) is 28.6 Å². The van der Waals surface area contributed by atoms with Gasteiger partial charge in [-0.15, -0.1) is 0 Å². The topological polar surface area (TPSA) is 91.7 Å². The zero-order chi connectivity index (χ0) is 20.7. The van der Waals surface area contributed by atoms with Crippen LogP contribution in [0.4, 0.5) is 5.69 Å². The van der Waals surface area contributed by atoms with Crippen LogP contribution in [0.25, 0.3) is 6.08 Å². The molecular formula is C19H23N3O4S2. The van der Waals surface area contributed by atoms with Gasteiger partial charge in [-0.05, 0) is 61.6 Å². The maximum Gasteiger partial charge on any atom is 0.250 e. The van der Waals surface area contributed by atoms with Crippen LogP contribution in [0.3, 0.4) is 0 Å². The summed E-state index contributed by atoms with van der Waals surface area (Å²) in [5.41, 5.74) is 0.564. The Bertz CT molecular complexity index is 959. The van der Waals surface area contributed by atoms with Gasteiger partial charge in [-0.2, -0.15) is 4.31 Å². The first-order valence-corrected chi connectivity index (χ1v) is 10.6. The number of hydrogen-bond donors (Lipinski definition) is 2. The predicted molar refractivity (Wildman–Crippen MR) is 113 cm³/mol. The Balaban J connectivity index is 1.95. The third-order valence-electron chi connectivity index (χ3n) is 3.85. The molecule has 0 fully saturated rings. The van der Waals surface area contributed by atoms with Crippen molar-refractivity contribution in [3.05, 3.63) is 54.0 Å². The lowest BCUT2D eigenvalue weighted by Gasteiger charge is -2.18. The molecule has 2 aromatic rings. The van der Waals surface area contributed by atoms with Gasteiger partial charge in [-0.1, -0.05) is 13.8 Å². The second kappa shape index (κ2) is 9.63.